The number of ether oxygens (including phenoxy) is 1. The average Bonchev–Trinajstić information content (AvgIpc) is 3.22. The Morgan fingerprint density at radius 1 is 1.26 bits per heavy atom. The van der Waals surface area contributed by atoms with Crippen LogP contribution < -0.4 is 5.32 Å². The zero-order valence-corrected chi connectivity index (χ0v) is 15.6. The van der Waals surface area contributed by atoms with E-state index in [4.69, 9.17) is 13.7 Å². The zero-order chi connectivity index (χ0) is 19.4. The van der Waals surface area contributed by atoms with Crippen molar-refractivity contribution in [3.05, 3.63) is 53.1 Å². The van der Waals surface area contributed by atoms with Gasteiger partial charge in [-0.1, -0.05) is 23.4 Å². The molecule has 0 aliphatic heterocycles. The lowest BCUT2D eigenvalue weighted by Gasteiger charge is -2.11. The number of hydrogen-bond acceptors (Lipinski definition) is 6. The van der Waals surface area contributed by atoms with Gasteiger partial charge in [-0.3, -0.25) is 9.59 Å². The molecular formula is C20H22N2O5. The third-order valence-electron chi connectivity index (χ3n) is 4.37. The molecule has 2 aromatic heterocycles. The fourth-order valence-electron chi connectivity index (χ4n) is 2.87. The number of carbonyl (C=O) groups is 2. The molecule has 0 spiro atoms. The SMILES string of the molecule is Cc1noc(C)c1CCC(=O)OCC(=O)N[C@@H](C)c1cc2ccccc2o1. The number of aromatic nitrogens is 1. The van der Waals surface area contributed by atoms with Gasteiger partial charge in [0.25, 0.3) is 5.91 Å². The number of nitrogens with zero attached hydrogens (tertiary/aromatic N) is 1. The summed E-state index contributed by atoms with van der Waals surface area (Å²) in [6.07, 6.45) is 0.631. The van der Waals surface area contributed by atoms with Crippen LogP contribution in [0.2, 0.25) is 0 Å². The van der Waals surface area contributed by atoms with Crippen LogP contribution >= 0.6 is 0 Å². The molecule has 0 radical (unpaired) electrons. The lowest BCUT2D eigenvalue weighted by Crippen LogP contribution is -2.31. The molecule has 0 unspecified atom stereocenters. The minimum Gasteiger partial charge on any atom is -0.459 e. The first-order chi connectivity index (χ1) is 12.9. The minimum atomic E-state index is -0.443. The van der Waals surface area contributed by atoms with E-state index in [1.54, 1.807) is 6.92 Å². The number of benzene rings is 1. The standard InChI is InChI=1S/C20H22N2O5/c1-12-16(14(3)27-22-12)8-9-20(24)25-11-19(23)21-13(2)18-10-15-6-4-5-7-17(15)26-18/h4-7,10,13H,8-9,11H2,1-3H3,(H,21,23)/t13-/m0/s1. The van der Waals surface area contributed by atoms with E-state index in [9.17, 15) is 9.59 Å². The molecule has 142 valence electrons. The molecule has 1 atom stereocenters. The molecule has 27 heavy (non-hydrogen) atoms. The molecular weight excluding hydrogens is 348 g/mol. The van der Waals surface area contributed by atoms with Gasteiger partial charge in [0.2, 0.25) is 0 Å². The van der Waals surface area contributed by atoms with E-state index in [1.807, 2.05) is 44.2 Å². The van der Waals surface area contributed by atoms with E-state index >= 15 is 0 Å². The lowest BCUT2D eigenvalue weighted by molar-refractivity contribution is -0.148. The number of para-hydroxylation sites is 1. The van der Waals surface area contributed by atoms with Crippen LogP contribution in [0.5, 0.6) is 0 Å². The fourth-order valence-corrected chi connectivity index (χ4v) is 2.87. The maximum Gasteiger partial charge on any atom is 0.306 e. The van der Waals surface area contributed by atoms with Crippen molar-refractivity contribution in [2.24, 2.45) is 0 Å². The molecule has 3 rings (SSSR count). The summed E-state index contributed by atoms with van der Waals surface area (Å²) >= 11 is 0. The topological polar surface area (TPSA) is 94.6 Å². The first-order valence-electron chi connectivity index (χ1n) is 8.79. The second kappa shape index (κ2) is 8.07. The van der Waals surface area contributed by atoms with Crippen LogP contribution in [-0.2, 0) is 20.7 Å². The Morgan fingerprint density at radius 3 is 2.74 bits per heavy atom. The maximum absolute atomic E-state index is 12.0. The van der Waals surface area contributed by atoms with E-state index in [2.05, 4.69) is 10.5 Å². The largest absolute Gasteiger partial charge is 0.459 e. The van der Waals surface area contributed by atoms with Crippen LogP contribution in [0.25, 0.3) is 11.0 Å². The number of rotatable bonds is 7. The van der Waals surface area contributed by atoms with E-state index in [0.717, 1.165) is 22.2 Å². The van der Waals surface area contributed by atoms with Gasteiger partial charge >= 0.3 is 5.97 Å². The summed E-state index contributed by atoms with van der Waals surface area (Å²) in [5, 5.41) is 7.58. The summed E-state index contributed by atoms with van der Waals surface area (Å²) in [4.78, 5) is 23.9. The number of esters is 1. The summed E-state index contributed by atoms with van der Waals surface area (Å²) in [5.41, 5.74) is 2.42. The Kier molecular flexibility index (Phi) is 5.59. The van der Waals surface area contributed by atoms with Gasteiger partial charge in [0.1, 0.15) is 17.1 Å². The second-order valence-electron chi connectivity index (χ2n) is 6.44. The third kappa shape index (κ3) is 4.55. The first-order valence-corrected chi connectivity index (χ1v) is 8.79. The predicted molar refractivity (Wildman–Crippen MR) is 98.0 cm³/mol. The first kappa shape index (κ1) is 18.7. The molecule has 3 aromatic rings. The van der Waals surface area contributed by atoms with Gasteiger partial charge in [-0.2, -0.15) is 0 Å². The van der Waals surface area contributed by atoms with Crippen molar-refractivity contribution in [2.45, 2.75) is 39.7 Å². The molecule has 7 heteroatoms. The van der Waals surface area contributed by atoms with E-state index < -0.39 is 5.97 Å². The van der Waals surface area contributed by atoms with Gasteiger partial charge in [-0.25, -0.2) is 0 Å². The maximum atomic E-state index is 12.0. The van der Waals surface area contributed by atoms with Gasteiger partial charge < -0.3 is 19.0 Å². The Labute approximate surface area is 156 Å². The molecule has 1 N–H and O–H groups in total. The average molecular weight is 370 g/mol. The number of carbonyl (C=O) groups excluding carboxylic acids is 2. The third-order valence-corrected chi connectivity index (χ3v) is 4.37. The Hall–Kier alpha value is -3.09. The highest BCUT2D eigenvalue weighted by molar-refractivity contribution is 5.81. The van der Waals surface area contributed by atoms with Crippen molar-refractivity contribution < 1.29 is 23.3 Å². The molecule has 1 aromatic carbocycles. The van der Waals surface area contributed by atoms with E-state index in [1.165, 1.54) is 0 Å². The highest BCUT2D eigenvalue weighted by atomic mass is 16.5. The van der Waals surface area contributed by atoms with Gasteiger partial charge in [-0.05, 0) is 39.3 Å². The molecule has 0 saturated carbocycles. The predicted octanol–water partition coefficient (Wildman–Crippen LogP) is 3.39. The van der Waals surface area contributed by atoms with Gasteiger partial charge in [0.15, 0.2) is 6.61 Å². The number of nitrogens with one attached hydrogen (secondary N) is 1. The Balaban J connectivity index is 1.45. The van der Waals surface area contributed by atoms with Gasteiger partial charge in [0.05, 0.1) is 11.7 Å². The molecule has 0 aliphatic rings. The minimum absolute atomic E-state index is 0.162. The fraction of sp³-hybridized carbons (Fsp3) is 0.350. The number of amides is 1. The van der Waals surface area contributed by atoms with E-state index in [0.29, 0.717) is 17.9 Å². The molecule has 0 aliphatic carbocycles. The molecule has 0 fully saturated rings. The molecule has 0 saturated heterocycles. The summed E-state index contributed by atoms with van der Waals surface area (Å²) in [5.74, 6) is 0.516. The molecule has 7 nitrogen and oxygen atoms in total. The Morgan fingerprint density at radius 2 is 2.04 bits per heavy atom. The van der Waals surface area contributed by atoms with E-state index in [-0.39, 0.29) is 25.0 Å². The second-order valence-corrected chi connectivity index (χ2v) is 6.44. The van der Waals surface area contributed by atoms with Crippen LogP contribution in [0.3, 0.4) is 0 Å². The summed E-state index contributed by atoms with van der Waals surface area (Å²) in [6.45, 7) is 5.11. The highest BCUT2D eigenvalue weighted by Crippen LogP contribution is 2.23. The number of fused-ring (bicyclic) bond motifs is 1. The molecule has 0 bridgehead atoms. The quantitative estimate of drug-likeness (QED) is 0.641. The van der Waals surface area contributed by atoms with Crippen LogP contribution in [0.15, 0.2) is 39.3 Å². The van der Waals surface area contributed by atoms with Crippen LogP contribution in [0.1, 0.15) is 42.2 Å². The van der Waals surface area contributed by atoms with Crippen molar-refractivity contribution in [2.75, 3.05) is 6.61 Å². The summed E-state index contributed by atoms with van der Waals surface area (Å²) in [7, 11) is 0. The van der Waals surface area contributed by atoms with Crippen LogP contribution in [0.4, 0.5) is 0 Å². The van der Waals surface area contributed by atoms with Crippen LogP contribution in [-0.4, -0.2) is 23.6 Å². The molecule has 2 heterocycles. The zero-order valence-electron chi connectivity index (χ0n) is 15.6. The lowest BCUT2D eigenvalue weighted by atomic mass is 10.1. The number of hydrogen-bond donors (Lipinski definition) is 1. The molecule has 1 amide bonds. The monoisotopic (exact) mass is 370 g/mol. The van der Waals surface area contributed by atoms with Crippen LogP contribution in [0, 0.1) is 13.8 Å². The van der Waals surface area contributed by atoms with Crippen molar-refractivity contribution in [3.8, 4) is 0 Å². The highest BCUT2D eigenvalue weighted by Gasteiger charge is 2.16. The van der Waals surface area contributed by atoms with Crippen molar-refractivity contribution in [1.82, 2.24) is 10.5 Å². The summed E-state index contributed by atoms with van der Waals surface area (Å²) < 4.78 is 15.8. The number of furan rings is 1. The van der Waals surface area contributed by atoms with Crippen molar-refractivity contribution in [3.63, 3.8) is 0 Å². The smallest absolute Gasteiger partial charge is 0.306 e. The number of aryl methyl sites for hydroxylation is 2. The van der Waals surface area contributed by atoms with Gasteiger partial charge in [0, 0.05) is 17.4 Å². The Bertz CT molecular complexity index is 904. The summed E-state index contributed by atoms with van der Waals surface area (Å²) in [6, 6.07) is 9.18. The van der Waals surface area contributed by atoms with Crippen molar-refractivity contribution in [1.29, 1.82) is 0 Å². The normalized spacial score (nSPS) is 12.1. The van der Waals surface area contributed by atoms with Crippen molar-refractivity contribution >= 4 is 22.8 Å². The van der Waals surface area contributed by atoms with Gasteiger partial charge in [-0.15, -0.1) is 0 Å².